The van der Waals surface area contributed by atoms with Crippen molar-refractivity contribution in [2.45, 2.75) is 6.92 Å². The third kappa shape index (κ3) is 5.00. The monoisotopic (exact) mass is 579 g/mol. The quantitative estimate of drug-likeness (QED) is 0.248. The number of fused-ring (bicyclic) bond motifs is 3. The van der Waals surface area contributed by atoms with E-state index >= 15 is 0 Å². The summed E-state index contributed by atoms with van der Waals surface area (Å²) in [6.45, 7) is 4.98. The molecule has 1 saturated heterocycles. The number of benzene rings is 4. The minimum atomic E-state index is -0.550. The average Bonchev–Trinajstić information content (AvgIpc) is 3.36. The van der Waals surface area contributed by atoms with E-state index in [2.05, 4.69) is 22.2 Å². The maximum absolute atomic E-state index is 13.3. The standard InChI is InChI=1S/C33H30ClN5O3/c1-19-23(7-4-8-27(19)37-32(41)20-5-3-6-22(34)17-20)24-11-12-26(31(35)40)30-29(24)25-10-9-21(18-28(25)36-30)33(42)39-15-13-38(2)14-16-39/h3-12,17-18,36H,13-16H2,1-2H3,(H2,35,40)(H,37,41). The lowest BCUT2D eigenvalue weighted by atomic mass is 9.93. The molecule has 4 aromatic carbocycles. The number of anilines is 1. The summed E-state index contributed by atoms with van der Waals surface area (Å²) >= 11 is 6.09. The predicted molar refractivity (Wildman–Crippen MR) is 167 cm³/mol. The molecule has 0 spiro atoms. The van der Waals surface area contributed by atoms with E-state index in [-0.39, 0.29) is 11.8 Å². The van der Waals surface area contributed by atoms with Gasteiger partial charge in [-0.1, -0.05) is 41.9 Å². The maximum atomic E-state index is 13.3. The van der Waals surface area contributed by atoms with Gasteiger partial charge in [0.05, 0.1) is 11.1 Å². The number of hydrogen-bond acceptors (Lipinski definition) is 4. The van der Waals surface area contributed by atoms with Crippen LogP contribution in [0, 0.1) is 6.92 Å². The van der Waals surface area contributed by atoms with Crippen molar-refractivity contribution >= 4 is 56.8 Å². The first-order chi connectivity index (χ1) is 20.2. The second kappa shape index (κ2) is 11.0. The van der Waals surface area contributed by atoms with Gasteiger partial charge in [-0.3, -0.25) is 14.4 Å². The molecule has 1 aliphatic rings. The van der Waals surface area contributed by atoms with Crippen LogP contribution in [0.5, 0.6) is 0 Å². The van der Waals surface area contributed by atoms with Crippen molar-refractivity contribution in [3.05, 3.63) is 100 Å². The van der Waals surface area contributed by atoms with E-state index in [1.807, 2.05) is 54.3 Å². The Hall–Kier alpha value is -4.66. The zero-order chi connectivity index (χ0) is 29.5. The summed E-state index contributed by atoms with van der Waals surface area (Å²) in [5.41, 5.74) is 11.8. The van der Waals surface area contributed by atoms with Gasteiger partial charge in [-0.25, -0.2) is 0 Å². The number of aromatic nitrogens is 1. The van der Waals surface area contributed by atoms with Gasteiger partial charge in [0.15, 0.2) is 0 Å². The normalized spacial score (nSPS) is 13.9. The fourth-order valence-electron chi connectivity index (χ4n) is 5.65. The van der Waals surface area contributed by atoms with E-state index in [4.69, 9.17) is 17.3 Å². The van der Waals surface area contributed by atoms with Gasteiger partial charge in [-0.2, -0.15) is 0 Å². The summed E-state index contributed by atoms with van der Waals surface area (Å²) in [4.78, 5) is 46.2. The lowest BCUT2D eigenvalue weighted by Crippen LogP contribution is -2.47. The number of likely N-dealkylation sites (N-methyl/N-ethyl adjacent to an activating group) is 1. The van der Waals surface area contributed by atoms with Crippen molar-refractivity contribution < 1.29 is 14.4 Å². The van der Waals surface area contributed by atoms with Gasteiger partial charge in [0, 0.05) is 64.3 Å². The lowest BCUT2D eigenvalue weighted by molar-refractivity contribution is 0.0664. The molecule has 6 rings (SSSR count). The zero-order valence-corrected chi connectivity index (χ0v) is 24.1. The summed E-state index contributed by atoms with van der Waals surface area (Å²) in [7, 11) is 2.05. The number of halogens is 1. The van der Waals surface area contributed by atoms with Crippen molar-refractivity contribution in [3.8, 4) is 11.1 Å². The molecule has 8 nitrogen and oxygen atoms in total. The number of carbonyl (C=O) groups excluding carboxylic acids is 3. The van der Waals surface area contributed by atoms with E-state index in [1.165, 1.54) is 0 Å². The van der Waals surface area contributed by atoms with Gasteiger partial charge < -0.3 is 25.8 Å². The maximum Gasteiger partial charge on any atom is 0.255 e. The van der Waals surface area contributed by atoms with Gasteiger partial charge in [0.2, 0.25) is 0 Å². The van der Waals surface area contributed by atoms with Crippen LogP contribution < -0.4 is 11.1 Å². The Morgan fingerprint density at radius 1 is 0.881 bits per heavy atom. The molecule has 0 radical (unpaired) electrons. The summed E-state index contributed by atoms with van der Waals surface area (Å²) < 4.78 is 0. The third-order valence-corrected chi connectivity index (χ3v) is 8.25. The third-order valence-electron chi connectivity index (χ3n) is 8.02. The van der Waals surface area contributed by atoms with Crippen LogP contribution in [0.1, 0.15) is 36.6 Å². The van der Waals surface area contributed by atoms with E-state index in [1.54, 1.807) is 30.3 Å². The van der Waals surface area contributed by atoms with Crippen LogP contribution in [-0.4, -0.2) is 65.7 Å². The molecule has 9 heteroatoms. The molecule has 0 saturated carbocycles. The lowest BCUT2D eigenvalue weighted by Gasteiger charge is -2.32. The Kier molecular flexibility index (Phi) is 7.18. The first-order valence-electron chi connectivity index (χ1n) is 13.7. The first kappa shape index (κ1) is 27.5. The van der Waals surface area contributed by atoms with Gasteiger partial charge >= 0.3 is 0 Å². The highest BCUT2D eigenvalue weighted by atomic mass is 35.5. The molecule has 2 heterocycles. The minimum Gasteiger partial charge on any atom is -0.366 e. The topological polar surface area (TPSA) is 112 Å². The molecule has 42 heavy (non-hydrogen) atoms. The number of H-pyrrole nitrogens is 1. The van der Waals surface area contributed by atoms with Crippen LogP contribution in [0.25, 0.3) is 32.9 Å². The fraction of sp³-hybridized carbons (Fsp3) is 0.182. The molecule has 0 aliphatic carbocycles. The molecule has 1 aliphatic heterocycles. The number of piperazine rings is 1. The van der Waals surface area contributed by atoms with Gasteiger partial charge in [0.25, 0.3) is 17.7 Å². The highest BCUT2D eigenvalue weighted by Gasteiger charge is 2.23. The summed E-state index contributed by atoms with van der Waals surface area (Å²) in [5.74, 6) is -0.833. The average molecular weight is 580 g/mol. The van der Waals surface area contributed by atoms with E-state index in [0.29, 0.717) is 46.0 Å². The molecular weight excluding hydrogens is 550 g/mol. The van der Waals surface area contributed by atoms with Crippen LogP contribution in [0.3, 0.4) is 0 Å². The number of aromatic amines is 1. The number of nitrogens with one attached hydrogen (secondary N) is 2. The van der Waals surface area contributed by atoms with Crippen LogP contribution in [0.2, 0.25) is 5.02 Å². The fourth-order valence-corrected chi connectivity index (χ4v) is 5.84. The SMILES string of the molecule is Cc1c(NC(=O)c2cccc(Cl)c2)cccc1-c1ccc(C(N)=O)c2[nH]c3cc(C(=O)N4CCN(C)CC4)ccc3c12. The van der Waals surface area contributed by atoms with Crippen molar-refractivity contribution in [1.82, 2.24) is 14.8 Å². The largest absolute Gasteiger partial charge is 0.366 e. The summed E-state index contributed by atoms with van der Waals surface area (Å²) in [6.07, 6.45) is 0. The number of nitrogens with zero attached hydrogens (tertiary/aromatic N) is 2. The molecule has 0 bridgehead atoms. The van der Waals surface area contributed by atoms with Gasteiger partial charge in [0.1, 0.15) is 0 Å². The van der Waals surface area contributed by atoms with Crippen LogP contribution >= 0.6 is 11.6 Å². The second-order valence-electron chi connectivity index (χ2n) is 10.7. The summed E-state index contributed by atoms with van der Waals surface area (Å²) in [6, 6.07) is 21.7. The zero-order valence-electron chi connectivity index (χ0n) is 23.3. The van der Waals surface area contributed by atoms with Gasteiger partial charge in [-0.05, 0) is 73.1 Å². The molecule has 1 fully saturated rings. The first-order valence-corrected chi connectivity index (χ1v) is 14.1. The second-order valence-corrected chi connectivity index (χ2v) is 11.1. The highest BCUT2D eigenvalue weighted by Crippen LogP contribution is 2.39. The van der Waals surface area contributed by atoms with Crippen LogP contribution in [-0.2, 0) is 0 Å². The Bertz CT molecular complexity index is 1890. The number of nitrogens with two attached hydrogens (primary N) is 1. The molecule has 4 N–H and O–H groups in total. The Balaban J connectivity index is 1.44. The van der Waals surface area contributed by atoms with Crippen LogP contribution in [0.4, 0.5) is 5.69 Å². The molecule has 5 aromatic rings. The minimum absolute atomic E-state index is 0.0157. The Morgan fingerprint density at radius 3 is 2.38 bits per heavy atom. The number of rotatable bonds is 5. The molecule has 0 unspecified atom stereocenters. The highest BCUT2D eigenvalue weighted by molar-refractivity contribution is 6.31. The number of carbonyl (C=O) groups is 3. The Morgan fingerprint density at radius 2 is 1.64 bits per heavy atom. The number of primary amides is 1. The summed E-state index contributed by atoms with van der Waals surface area (Å²) in [5, 5.41) is 5.17. The van der Waals surface area contributed by atoms with E-state index in [9.17, 15) is 14.4 Å². The number of hydrogen-bond donors (Lipinski definition) is 3. The molecular formula is C33H30ClN5O3. The molecule has 212 valence electrons. The van der Waals surface area contributed by atoms with Crippen molar-refractivity contribution in [1.29, 1.82) is 0 Å². The number of amides is 3. The van der Waals surface area contributed by atoms with Crippen molar-refractivity contribution in [2.24, 2.45) is 5.73 Å². The molecule has 0 atom stereocenters. The van der Waals surface area contributed by atoms with E-state index in [0.717, 1.165) is 46.1 Å². The van der Waals surface area contributed by atoms with Crippen molar-refractivity contribution in [3.63, 3.8) is 0 Å². The molecule has 3 amide bonds. The van der Waals surface area contributed by atoms with Gasteiger partial charge in [-0.15, -0.1) is 0 Å². The van der Waals surface area contributed by atoms with Crippen molar-refractivity contribution in [2.75, 3.05) is 38.5 Å². The smallest absolute Gasteiger partial charge is 0.255 e. The van der Waals surface area contributed by atoms with E-state index < -0.39 is 5.91 Å². The Labute approximate surface area is 248 Å². The van der Waals surface area contributed by atoms with Crippen LogP contribution in [0.15, 0.2) is 72.8 Å². The molecule has 1 aromatic heterocycles. The predicted octanol–water partition coefficient (Wildman–Crippen LogP) is 5.69.